The maximum atomic E-state index is 12.5. The maximum absolute atomic E-state index is 12.5. The number of nitrogens with zero attached hydrogens (tertiary/aromatic N) is 1. The summed E-state index contributed by atoms with van der Waals surface area (Å²) in [7, 11) is 0. The van der Waals surface area contributed by atoms with Crippen LogP contribution in [-0.4, -0.2) is 47.7 Å². The lowest BCUT2D eigenvalue weighted by molar-refractivity contribution is -0.198. The number of ether oxygens (including phenoxy) is 1. The first kappa shape index (κ1) is 17.0. The predicted octanol–water partition coefficient (Wildman–Crippen LogP) is 2.91. The number of nitrogens with one attached hydrogen (secondary N) is 1. The summed E-state index contributed by atoms with van der Waals surface area (Å²) in [6.45, 7) is 4.72. The zero-order chi connectivity index (χ0) is 17.3. The monoisotopic (exact) mass is 342 g/mol. The van der Waals surface area contributed by atoms with Crippen molar-refractivity contribution in [2.75, 3.05) is 19.6 Å². The van der Waals surface area contributed by atoms with Crippen molar-refractivity contribution in [2.45, 2.75) is 69.1 Å². The van der Waals surface area contributed by atoms with Crippen LogP contribution in [0.15, 0.2) is 30.3 Å². The molecule has 4 nitrogen and oxygen atoms in total. The second-order valence-electron chi connectivity index (χ2n) is 8.06. The van der Waals surface area contributed by atoms with Gasteiger partial charge in [-0.15, -0.1) is 0 Å². The van der Waals surface area contributed by atoms with Gasteiger partial charge < -0.3 is 15.0 Å². The Hall–Kier alpha value is -1.39. The van der Waals surface area contributed by atoms with E-state index >= 15 is 0 Å². The van der Waals surface area contributed by atoms with Gasteiger partial charge in [0, 0.05) is 19.1 Å². The standard InChI is InChI=1S/C21H30N2O2/c1-2-23-16-20(25-21(13-14-21)19(23)24)11-8-18(9-12-20)22-15-10-17-6-4-3-5-7-17/h3-7,18,22H,2,8-16H2,1H3. The Morgan fingerprint density at radius 3 is 2.52 bits per heavy atom. The number of carbonyl (C=O) groups is 1. The van der Waals surface area contributed by atoms with E-state index in [-0.39, 0.29) is 11.5 Å². The Bertz CT molecular complexity index is 604. The fraction of sp³-hybridized carbons (Fsp3) is 0.667. The molecule has 1 aromatic carbocycles. The van der Waals surface area contributed by atoms with Gasteiger partial charge >= 0.3 is 0 Å². The van der Waals surface area contributed by atoms with E-state index in [0.29, 0.717) is 6.04 Å². The lowest BCUT2D eigenvalue weighted by Crippen LogP contribution is -2.61. The number of benzene rings is 1. The fourth-order valence-electron chi connectivity index (χ4n) is 4.56. The van der Waals surface area contributed by atoms with E-state index in [1.165, 1.54) is 5.56 Å². The quantitative estimate of drug-likeness (QED) is 0.895. The molecular formula is C21H30N2O2. The molecule has 1 aliphatic heterocycles. The molecule has 25 heavy (non-hydrogen) atoms. The molecule has 0 radical (unpaired) electrons. The molecule has 1 amide bonds. The van der Waals surface area contributed by atoms with Gasteiger partial charge in [-0.05, 0) is 64.0 Å². The van der Waals surface area contributed by atoms with E-state index in [2.05, 4.69) is 42.6 Å². The van der Waals surface area contributed by atoms with Crippen molar-refractivity contribution < 1.29 is 9.53 Å². The first-order chi connectivity index (χ1) is 12.1. The molecule has 3 fully saturated rings. The van der Waals surface area contributed by atoms with E-state index in [9.17, 15) is 4.79 Å². The minimum Gasteiger partial charge on any atom is -0.357 e. The molecule has 2 saturated carbocycles. The average Bonchev–Trinajstić information content (AvgIpc) is 3.41. The molecule has 0 atom stereocenters. The summed E-state index contributed by atoms with van der Waals surface area (Å²) >= 11 is 0. The van der Waals surface area contributed by atoms with Crippen molar-refractivity contribution in [2.24, 2.45) is 0 Å². The Balaban J connectivity index is 1.28. The summed E-state index contributed by atoms with van der Waals surface area (Å²) in [6.07, 6.45) is 7.36. The third-order valence-corrected chi connectivity index (χ3v) is 6.24. The molecule has 3 aliphatic rings. The van der Waals surface area contributed by atoms with E-state index in [1.807, 2.05) is 4.90 Å². The van der Waals surface area contributed by atoms with Gasteiger partial charge in [0.1, 0.15) is 5.60 Å². The van der Waals surface area contributed by atoms with Crippen LogP contribution in [0.4, 0.5) is 0 Å². The highest BCUT2D eigenvalue weighted by atomic mass is 16.5. The average molecular weight is 342 g/mol. The first-order valence-electron chi connectivity index (χ1n) is 9.92. The summed E-state index contributed by atoms with van der Waals surface area (Å²) < 4.78 is 6.46. The van der Waals surface area contributed by atoms with Gasteiger partial charge in [-0.25, -0.2) is 0 Å². The van der Waals surface area contributed by atoms with Gasteiger partial charge in [-0.3, -0.25) is 4.79 Å². The van der Waals surface area contributed by atoms with Crippen LogP contribution in [0.3, 0.4) is 0 Å². The second-order valence-corrected chi connectivity index (χ2v) is 8.06. The molecule has 0 unspecified atom stereocenters. The Labute approximate surface area is 150 Å². The van der Waals surface area contributed by atoms with Gasteiger partial charge in [-0.2, -0.15) is 0 Å². The lowest BCUT2D eigenvalue weighted by atomic mass is 9.80. The molecule has 1 saturated heterocycles. The predicted molar refractivity (Wildman–Crippen MR) is 98.4 cm³/mol. The normalized spacial score (nSPS) is 30.8. The van der Waals surface area contributed by atoms with Crippen molar-refractivity contribution in [3.63, 3.8) is 0 Å². The van der Waals surface area contributed by atoms with Gasteiger partial charge in [0.15, 0.2) is 0 Å². The first-order valence-corrected chi connectivity index (χ1v) is 9.92. The molecule has 2 spiro atoms. The van der Waals surface area contributed by atoms with E-state index in [1.54, 1.807) is 0 Å². The van der Waals surface area contributed by atoms with Crippen LogP contribution in [0.5, 0.6) is 0 Å². The minimum atomic E-state index is -0.443. The SMILES string of the molecule is CCN1CC2(CCC(NCCc3ccccc3)CC2)OC2(CC2)C1=O. The van der Waals surface area contributed by atoms with Gasteiger partial charge in [0.05, 0.1) is 5.60 Å². The van der Waals surface area contributed by atoms with Gasteiger partial charge in [0.2, 0.25) is 0 Å². The molecule has 1 N–H and O–H groups in total. The number of rotatable bonds is 5. The topological polar surface area (TPSA) is 41.6 Å². The molecule has 4 heteroatoms. The highest BCUT2D eigenvalue weighted by Crippen LogP contribution is 2.50. The summed E-state index contributed by atoms with van der Waals surface area (Å²) in [5.41, 5.74) is 0.866. The van der Waals surface area contributed by atoms with Gasteiger partial charge in [0.25, 0.3) is 5.91 Å². The van der Waals surface area contributed by atoms with Crippen LogP contribution in [0.2, 0.25) is 0 Å². The van der Waals surface area contributed by atoms with Crippen LogP contribution in [0.25, 0.3) is 0 Å². The number of carbonyl (C=O) groups excluding carboxylic acids is 1. The van der Waals surface area contributed by atoms with Crippen LogP contribution < -0.4 is 5.32 Å². The maximum Gasteiger partial charge on any atom is 0.254 e. The molecule has 1 aromatic rings. The van der Waals surface area contributed by atoms with Crippen LogP contribution >= 0.6 is 0 Å². The van der Waals surface area contributed by atoms with Crippen LogP contribution in [-0.2, 0) is 16.0 Å². The smallest absolute Gasteiger partial charge is 0.254 e. The number of amides is 1. The molecule has 4 rings (SSSR count). The van der Waals surface area contributed by atoms with E-state index in [0.717, 1.165) is 64.6 Å². The number of hydrogen-bond donors (Lipinski definition) is 1. The van der Waals surface area contributed by atoms with Crippen molar-refractivity contribution in [3.05, 3.63) is 35.9 Å². The zero-order valence-corrected chi connectivity index (χ0v) is 15.3. The Morgan fingerprint density at radius 2 is 1.88 bits per heavy atom. The lowest BCUT2D eigenvalue weighted by Gasteiger charge is -2.49. The molecule has 136 valence electrons. The van der Waals surface area contributed by atoms with Crippen molar-refractivity contribution in [3.8, 4) is 0 Å². The highest BCUT2D eigenvalue weighted by Gasteiger charge is 2.61. The second kappa shape index (κ2) is 6.73. The molecule has 0 aromatic heterocycles. The van der Waals surface area contributed by atoms with Crippen molar-refractivity contribution in [1.29, 1.82) is 0 Å². The van der Waals surface area contributed by atoms with Crippen molar-refractivity contribution >= 4 is 5.91 Å². The summed E-state index contributed by atoms with van der Waals surface area (Å²) in [5, 5.41) is 3.73. The molecule has 1 heterocycles. The molecule has 2 aliphatic carbocycles. The summed E-state index contributed by atoms with van der Waals surface area (Å²) in [5.74, 6) is 0.240. The number of likely N-dealkylation sites (N-methyl/N-ethyl adjacent to an activating group) is 1. The zero-order valence-electron chi connectivity index (χ0n) is 15.3. The van der Waals surface area contributed by atoms with Crippen molar-refractivity contribution in [1.82, 2.24) is 10.2 Å². The molecule has 0 bridgehead atoms. The largest absolute Gasteiger partial charge is 0.357 e. The van der Waals surface area contributed by atoms with Crippen LogP contribution in [0.1, 0.15) is 51.0 Å². The van der Waals surface area contributed by atoms with E-state index in [4.69, 9.17) is 4.74 Å². The Morgan fingerprint density at radius 1 is 1.16 bits per heavy atom. The molecular weight excluding hydrogens is 312 g/mol. The summed E-state index contributed by atoms with van der Waals surface area (Å²) in [6, 6.07) is 11.3. The third kappa shape index (κ3) is 3.47. The summed E-state index contributed by atoms with van der Waals surface area (Å²) in [4.78, 5) is 14.5. The minimum absolute atomic E-state index is 0.0853. The number of hydrogen-bond acceptors (Lipinski definition) is 3. The van der Waals surface area contributed by atoms with Crippen LogP contribution in [0, 0.1) is 0 Å². The Kier molecular flexibility index (Phi) is 4.59. The van der Waals surface area contributed by atoms with E-state index < -0.39 is 5.60 Å². The number of morpholine rings is 1. The van der Waals surface area contributed by atoms with Gasteiger partial charge in [-0.1, -0.05) is 30.3 Å². The fourth-order valence-corrected chi connectivity index (χ4v) is 4.56. The highest BCUT2D eigenvalue weighted by molar-refractivity contribution is 5.89. The third-order valence-electron chi connectivity index (χ3n) is 6.24.